The Morgan fingerprint density at radius 2 is 2.00 bits per heavy atom. The fraction of sp³-hybridized carbons (Fsp3) is 0.818. The molecule has 0 aromatic rings. The molecule has 0 aromatic carbocycles. The van der Waals surface area contributed by atoms with Gasteiger partial charge in [-0.1, -0.05) is 26.8 Å². The molecule has 0 spiro atoms. The molecular weight excluding hydrogens is 340 g/mol. The highest BCUT2D eigenvalue weighted by Crippen LogP contribution is 2.64. The third-order valence-electron chi connectivity index (χ3n) is 8.21. The van der Waals surface area contributed by atoms with Gasteiger partial charge in [-0.15, -0.1) is 6.58 Å². The van der Waals surface area contributed by atoms with E-state index in [1.165, 1.54) is 0 Å². The SMILES string of the molecule is C=CC1C(C(=O)NCCN)CCC2C1CCC1C(C)(C)C(O)C(=O)CC21C. The minimum atomic E-state index is -0.860. The molecule has 0 aromatic heterocycles. The maximum atomic E-state index is 12.7. The standard InChI is InChI=1S/C22H36N2O3/c1-5-13-14-7-9-18-21(2,3)19(26)17(25)12-22(18,4)16(14)8-6-15(13)20(27)24-11-10-23/h5,13-16,18-19,26H,1,6-12,23H2,2-4H3,(H,24,27). The van der Waals surface area contributed by atoms with E-state index in [-0.39, 0.29) is 28.9 Å². The van der Waals surface area contributed by atoms with Crippen LogP contribution in [-0.2, 0) is 9.59 Å². The number of amides is 1. The number of aliphatic hydroxyl groups excluding tert-OH is 1. The summed E-state index contributed by atoms with van der Waals surface area (Å²) < 4.78 is 0. The van der Waals surface area contributed by atoms with Gasteiger partial charge in [-0.05, 0) is 54.8 Å². The van der Waals surface area contributed by atoms with Gasteiger partial charge >= 0.3 is 0 Å². The Labute approximate surface area is 163 Å². The van der Waals surface area contributed by atoms with Gasteiger partial charge in [0.1, 0.15) is 6.10 Å². The molecule has 1 amide bonds. The summed E-state index contributed by atoms with van der Waals surface area (Å²) in [5, 5.41) is 13.5. The first-order chi connectivity index (χ1) is 12.7. The van der Waals surface area contributed by atoms with E-state index < -0.39 is 11.5 Å². The summed E-state index contributed by atoms with van der Waals surface area (Å²) in [6, 6.07) is 0. The van der Waals surface area contributed by atoms with Gasteiger partial charge in [0.2, 0.25) is 5.91 Å². The van der Waals surface area contributed by atoms with Gasteiger partial charge in [0.05, 0.1) is 0 Å². The quantitative estimate of drug-likeness (QED) is 0.656. The maximum absolute atomic E-state index is 12.7. The molecular formula is C22H36N2O3. The molecule has 0 aliphatic heterocycles. The zero-order valence-electron chi connectivity index (χ0n) is 17.0. The molecule has 0 saturated heterocycles. The molecule has 27 heavy (non-hydrogen) atoms. The first-order valence-corrected chi connectivity index (χ1v) is 10.5. The molecule has 3 saturated carbocycles. The third kappa shape index (κ3) is 3.17. The van der Waals surface area contributed by atoms with E-state index in [2.05, 4.69) is 32.7 Å². The highest BCUT2D eigenvalue weighted by molar-refractivity contribution is 5.85. The number of aliphatic hydroxyl groups is 1. The molecule has 0 radical (unpaired) electrons. The number of carbonyl (C=O) groups is 2. The minimum Gasteiger partial charge on any atom is -0.385 e. The smallest absolute Gasteiger partial charge is 0.223 e. The fourth-order valence-electron chi connectivity index (χ4n) is 7.02. The Kier molecular flexibility index (Phi) is 5.57. The average Bonchev–Trinajstić information content (AvgIpc) is 2.63. The van der Waals surface area contributed by atoms with Crippen molar-refractivity contribution in [2.45, 2.75) is 59.0 Å². The number of Topliss-reactive ketones (excluding diaryl/α,β-unsaturated/α-hetero) is 1. The van der Waals surface area contributed by atoms with Crippen molar-refractivity contribution < 1.29 is 14.7 Å². The Bertz CT molecular complexity index is 617. The van der Waals surface area contributed by atoms with Crippen LogP contribution in [0.5, 0.6) is 0 Å². The van der Waals surface area contributed by atoms with Crippen LogP contribution in [0.3, 0.4) is 0 Å². The number of ketones is 1. The van der Waals surface area contributed by atoms with Crippen LogP contribution in [-0.4, -0.2) is 36.0 Å². The topological polar surface area (TPSA) is 92.4 Å². The zero-order chi connectivity index (χ0) is 20.0. The Balaban J connectivity index is 1.87. The Morgan fingerprint density at radius 3 is 2.63 bits per heavy atom. The molecule has 3 fully saturated rings. The van der Waals surface area contributed by atoms with E-state index in [4.69, 9.17) is 5.73 Å². The monoisotopic (exact) mass is 376 g/mol. The van der Waals surface area contributed by atoms with Crippen molar-refractivity contribution in [3.63, 3.8) is 0 Å². The first-order valence-electron chi connectivity index (χ1n) is 10.5. The lowest BCUT2D eigenvalue weighted by atomic mass is 9.42. The van der Waals surface area contributed by atoms with Crippen LogP contribution in [0.2, 0.25) is 0 Å². The minimum absolute atomic E-state index is 0.0163. The van der Waals surface area contributed by atoms with E-state index in [9.17, 15) is 14.7 Å². The summed E-state index contributed by atoms with van der Waals surface area (Å²) in [6.45, 7) is 11.4. The predicted octanol–water partition coefficient (Wildman–Crippen LogP) is 2.28. The lowest BCUT2D eigenvalue weighted by Gasteiger charge is -2.62. The van der Waals surface area contributed by atoms with Crippen molar-refractivity contribution in [2.24, 2.45) is 46.2 Å². The number of carbonyl (C=O) groups excluding carboxylic acids is 2. The van der Waals surface area contributed by atoms with Crippen LogP contribution in [0, 0.1) is 40.4 Å². The number of allylic oxidation sites excluding steroid dienone is 1. The van der Waals surface area contributed by atoms with Gasteiger partial charge in [0.15, 0.2) is 5.78 Å². The Morgan fingerprint density at radius 1 is 1.30 bits per heavy atom. The van der Waals surface area contributed by atoms with Crippen molar-refractivity contribution in [3.05, 3.63) is 12.7 Å². The highest BCUT2D eigenvalue weighted by Gasteiger charge is 2.61. The summed E-state index contributed by atoms with van der Waals surface area (Å²) in [5.41, 5.74) is 5.03. The lowest BCUT2D eigenvalue weighted by Crippen LogP contribution is -2.61. The molecule has 0 heterocycles. The molecule has 5 heteroatoms. The summed E-state index contributed by atoms with van der Waals surface area (Å²) in [5.74, 6) is 1.27. The maximum Gasteiger partial charge on any atom is 0.223 e. The Hall–Kier alpha value is -1.20. The molecule has 0 bridgehead atoms. The van der Waals surface area contributed by atoms with Gasteiger partial charge in [-0.25, -0.2) is 0 Å². The lowest BCUT2D eigenvalue weighted by molar-refractivity contribution is -0.179. The van der Waals surface area contributed by atoms with Gasteiger partial charge < -0.3 is 16.2 Å². The van der Waals surface area contributed by atoms with Gasteiger partial charge in [-0.3, -0.25) is 9.59 Å². The van der Waals surface area contributed by atoms with Crippen LogP contribution in [0.25, 0.3) is 0 Å². The second-order valence-electron chi connectivity index (χ2n) is 9.85. The van der Waals surface area contributed by atoms with E-state index in [0.717, 1.165) is 25.7 Å². The summed E-state index contributed by atoms with van der Waals surface area (Å²) >= 11 is 0. The van der Waals surface area contributed by atoms with E-state index in [0.29, 0.717) is 37.3 Å². The van der Waals surface area contributed by atoms with Gasteiger partial charge in [0.25, 0.3) is 0 Å². The normalized spacial score (nSPS) is 43.4. The van der Waals surface area contributed by atoms with Crippen molar-refractivity contribution in [3.8, 4) is 0 Å². The van der Waals surface area contributed by atoms with E-state index in [1.54, 1.807) is 0 Å². The van der Waals surface area contributed by atoms with Gasteiger partial charge in [0, 0.05) is 30.8 Å². The van der Waals surface area contributed by atoms with E-state index in [1.807, 2.05) is 6.08 Å². The third-order valence-corrected chi connectivity index (χ3v) is 8.21. The van der Waals surface area contributed by atoms with Crippen LogP contribution < -0.4 is 11.1 Å². The zero-order valence-corrected chi connectivity index (χ0v) is 17.0. The molecule has 152 valence electrons. The summed E-state index contributed by atoms with van der Waals surface area (Å²) in [6.07, 6.45) is 5.38. The van der Waals surface area contributed by atoms with Crippen LogP contribution >= 0.6 is 0 Å². The first kappa shape index (κ1) is 20.5. The van der Waals surface area contributed by atoms with Crippen LogP contribution in [0.15, 0.2) is 12.7 Å². The largest absolute Gasteiger partial charge is 0.385 e. The molecule has 3 rings (SSSR count). The second kappa shape index (κ2) is 7.32. The van der Waals surface area contributed by atoms with Crippen LogP contribution in [0.4, 0.5) is 0 Å². The number of nitrogens with two attached hydrogens (primary N) is 1. The number of fused-ring (bicyclic) bond motifs is 3. The molecule has 5 nitrogen and oxygen atoms in total. The molecule has 3 aliphatic carbocycles. The molecule has 4 N–H and O–H groups in total. The molecule has 7 atom stereocenters. The second-order valence-corrected chi connectivity index (χ2v) is 9.85. The average molecular weight is 377 g/mol. The number of hydrogen-bond donors (Lipinski definition) is 3. The van der Waals surface area contributed by atoms with Crippen molar-refractivity contribution in [1.29, 1.82) is 0 Å². The number of nitrogens with one attached hydrogen (secondary N) is 1. The highest BCUT2D eigenvalue weighted by atomic mass is 16.3. The van der Waals surface area contributed by atoms with Crippen molar-refractivity contribution >= 4 is 11.7 Å². The predicted molar refractivity (Wildman–Crippen MR) is 106 cm³/mol. The van der Waals surface area contributed by atoms with Crippen LogP contribution in [0.1, 0.15) is 52.9 Å². The van der Waals surface area contributed by atoms with Crippen molar-refractivity contribution in [2.75, 3.05) is 13.1 Å². The molecule has 7 unspecified atom stereocenters. The summed E-state index contributed by atoms with van der Waals surface area (Å²) in [4.78, 5) is 25.3. The number of rotatable bonds is 4. The fourth-order valence-corrected chi connectivity index (χ4v) is 7.02. The summed E-state index contributed by atoms with van der Waals surface area (Å²) in [7, 11) is 0. The van der Waals surface area contributed by atoms with Crippen molar-refractivity contribution in [1.82, 2.24) is 5.32 Å². The number of hydrogen-bond acceptors (Lipinski definition) is 4. The van der Waals surface area contributed by atoms with E-state index >= 15 is 0 Å². The molecule has 3 aliphatic rings. The van der Waals surface area contributed by atoms with Gasteiger partial charge in [-0.2, -0.15) is 0 Å².